The fourth-order valence-corrected chi connectivity index (χ4v) is 1.92. The standard InChI is InChI=1S/C10H10Cl2F3NO2.ClH/c11-8-2-6(18-10(13,14)15)3-9(12)7(8)1-5(16)4-17;/h2-3,5,17H,1,4,16H2;1H. The Labute approximate surface area is 123 Å². The first-order chi connectivity index (χ1) is 8.23. The van der Waals surface area contributed by atoms with Crippen molar-refractivity contribution in [3.8, 4) is 5.75 Å². The van der Waals surface area contributed by atoms with E-state index in [4.69, 9.17) is 34.0 Å². The van der Waals surface area contributed by atoms with E-state index in [2.05, 4.69) is 4.74 Å². The second-order valence-electron chi connectivity index (χ2n) is 3.56. The van der Waals surface area contributed by atoms with Crippen molar-refractivity contribution in [3.05, 3.63) is 27.7 Å². The monoisotopic (exact) mass is 339 g/mol. The van der Waals surface area contributed by atoms with Crippen LogP contribution in [0.4, 0.5) is 13.2 Å². The molecule has 0 spiro atoms. The van der Waals surface area contributed by atoms with Crippen LogP contribution in [0.1, 0.15) is 5.56 Å². The Morgan fingerprint density at radius 2 is 1.74 bits per heavy atom. The third-order valence-electron chi connectivity index (χ3n) is 2.05. The first-order valence-corrected chi connectivity index (χ1v) is 5.58. The molecule has 0 aliphatic heterocycles. The molecule has 0 amide bonds. The normalized spacial score (nSPS) is 12.8. The predicted molar refractivity (Wildman–Crippen MR) is 69.2 cm³/mol. The molecule has 0 aromatic heterocycles. The van der Waals surface area contributed by atoms with E-state index in [9.17, 15) is 13.2 Å². The van der Waals surface area contributed by atoms with Crippen LogP contribution in [0, 0.1) is 0 Å². The minimum atomic E-state index is -4.81. The maximum Gasteiger partial charge on any atom is 0.573 e. The second-order valence-corrected chi connectivity index (χ2v) is 4.37. The zero-order valence-corrected chi connectivity index (χ0v) is 11.7. The van der Waals surface area contributed by atoms with Crippen LogP contribution >= 0.6 is 35.6 Å². The fraction of sp³-hybridized carbons (Fsp3) is 0.400. The predicted octanol–water partition coefficient (Wildman–Crippen LogP) is 3.18. The molecular formula is C10H11Cl3F3NO2. The van der Waals surface area contributed by atoms with Gasteiger partial charge in [-0.3, -0.25) is 0 Å². The number of benzene rings is 1. The van der Waals surface area contributed by atoms with Gasteiger partial charge in [-0.15, -0.1) is 25.6 Å². The van der Waals surface area contributed by atoms with E-state index in [1.807, 2.05) is 0 Å². The zero-order valence-electron chi connectivity index (χ0n) is 9.38. The molecule has 0 aliphatic rings. The SMILES string of the molecule is Cl.NC(CO)Cc1c(Cl)cc(OC(F)(F)F)cc1Cl. The van der Waals surface area contributed by atoms with Gasteiger partial charge in [0.05, 0.1) is 6.61 Å². The molecule has 1 atom stereocenters. The summed E-state index contributed by atoms with van der Waals surface area (Å²) in [6.45, 7) is -0.284. The quantitative estimate of drug-likeness (QED) is 0.885. The van der Waals surface area contributed by atoms with E-state index in [0.717, 1.165) is 12.1 Å². The van der Waals surface area contributed by atoms with Gasteiger partial charge in [-0.1, -0.05) is 23.2 Å². The molecule has 0 radical (unpaired) electrons. The fourth-order valence-electron chi connectivity index (χ4n) is 1.29. The molecule has 9 heteroatoms. The van der Waals surface area contributed by atoms with Gasteiger partial charge in [-0.05, 0) is 24.1 Å². The molecule has 0 aliphatic carbocycles. The summed E-state index contributed by atoms with van der Waals surface area (Å²) in [6, 6.07) is 1.41. The number of aliphatic hydroxyl groups is 1. The first kappa shape index (κ1) is 18.6. The number of hydrogen-bond acceptors (Lipinski definition) is 3. The molecule has 0 saturated heterocycles. The summed E-state index contributed by atoms with van der Waals surface area (Å²) in [4.78, 5) is 0. The lowest BCUT2D eigenvalue weighted by molar-refractivity contribution is -0.274. The lowest BCUT2D eigenvalue weighted by Crippen LogP contribution is -2.27. The minimum absolute atomic E-state index is 0. The van der Waals surface area contributed by atoms with Crippen LogP contribution in [-0.2, 0) is 6.42 Å². The van der Waals surface area contributed by atoms with Gasteiger partial charge in [0.25, 0.3) is 0 Å². The highest BCUT2D eigenvalue weighted by atomic mass is 35.5. The maximum atomic E-state index is 12.0. The van der Waals surface area contributed by atoms with Crippen molar-refractivity contribution >= 4 is 35.6 Å². The summed E-state index contributed by atoms with van der Waals surface area (Å²) >= 11 is 11.6. The van der Waals surface area contributed by atoms with Crippen molar-refractivity contribution in [1.82, 2.24) is 0 Å². The van der Waals surface area contributed by atoms with Crippen molar-refractivity contribution in [2.24, 2.45) is 5.73 Å². The van der Waals surface area contributed by atoms with Crippen LogP contribution in [-0.4, -0.2) is 24.1 Å². The van der Waals surface area contributed by atoms with Crippen molar-refractivity contribution < 1.29 is 23.0 Å². The van der Waals surface area contributed by atoms with E-state index < -0.39 is 18.2 Å². The van der Waals surface area contributed by atoms with Gasteiger partial charge >= 0.3 is 6.36 Å². The van der Waals surface area contributed by atoms with Crippen LogP contribution in [0.25, 0.3) is 0 Å². The van der Waals surface area contributed by atoms with Crippen LogP contribution in [0.3, 0.4) is 0 Å². The van der Waals surface area contributed by atoms with Gasteiger partial charge in [-0.2, -0.15) is 0 Å². The van der Waals surface area contributed by atoms with Crippen LogP contribution < -0.4 is 10.5 Å². The Balaban J connectivity index is 0.00000324. The minimum Gasteiger partial charge on any atom is -0.406 e. The third-order valence-corrected chi connectivity index (χ3v) is 2.72. The highest BCUT2D eigenvalue weighted by molar-refractivity contribution is 6.36. The zero-order chi connectivity index (χ0) is 13.9. The Hall–Kier alpha value is -0.400. The Morgan fingerprint density at radius 3 is 2.11 bits per heavy atom. The second kappa shape index (κ2) is 7.40. The third kappa shape index (κ3) is 6.05. The van der Waals surface area contributed by atoms with E-state index in [0.29, 0.717) is 5.56 Å². The van der Waals surface area contributed by atoms with E-state index in [1.165, 1.54) is 0 Å². The van der Waals surface area contributed by atoms with E-state index in [1.54, 1.807) is 0 Å². The average molecular weight is 341 g/mol. The van der Waals surface area contributed by atoms with Crippen LogP contribution in [0.15, 0.2) is 12.1 Å². The molecule has 1 unspecified atom stereocenters. The smallest absolute Gasteiger partial charge is 0.406 e. The van der Waals surface area contributed by atoms with E-state index in [-0.39, 0.29) is 35.5 Å². The number of aliphatic hydroxyl groups excluding tert-OH is 1. The molecule has 19 heavy (non-hydrogen) atoms. The van der Waals surface area contributed by atoms with Crippen LogP contribution in [0.5, 0.6) is 5.75 Å². The molecular weight excluding hydrogens is 329 g/mol. The first-order valence-electron chi connectivity index (χ1n) is 4.83. The van der Waals surface area contributed by atoms with Crippen molar-refractivity contribution in [2.75, 3.05) is 6.61 Å². The molecule has 110 valence electrons. The van der Waals surface area contributed by atoms with Gasteiger partial charge in [0.15, 0.2) is 0 Å². The summed E-state index contributed by atoms with van der Waals surface area (Å²) in [5.41, 5.74) is 5.87. The Kier molecular flexibility index (Phi) is 7.24. The summed E-state index contributed by atoms with van der Waals surface area (Å²) in [5, 5.41) is 8.81. The number of ether oxygens (including phenoxy) is 1. The number of rotatable bonds is 4. The number of alkyl halides is 3. The largest absolute Gasteiger partial charge is 0.573 e. The average Bonchev–Trinajstić information content (AvgIpc) is 2.20. The molecule has 1 rings (SSSR count). The lowest BCUT2D eigenvalue weighted by Gasteiger charge is -2.14. The lowest BCUT2D eigenvalue weighted by atomic mass is 10.1. The molecule has 3 nitrogen and oxygen atoms in total. The molecule has 1 aromatic rings. The molecule has 1 aromatic carbocycles. The molecule has 0 saturated carbocycles. The van der Waals surface area contributed by atoms with Gasteiger partial charge in [0.1, 0.15) is 5.75 Å². The van der Waals surface area contributed by atoms with Gasteiger partial charge in [0.2, 0.25) is 0 Å². The highest BCUT2D eigenvalue weighted by Gasteiger charge is 2.31. The molecule has 0 bridgehead atoms. The van der Waals surface area contributed by atoms with Crippen LogP contribution in [0.2, 0.25) is 10.0 Å². The summed E-state index contributed by atoms with van der Waals surface area (Å²) < 4.78 is 39.7. The van der Waals surface area contributed by atoms with Crippen molar-refractivity contribution in [1.29, 1.82) is 0 Å². The van der Waals surface area contributed by atoms with Crippen molar-refractivity contribution in [3.63, 3.8) is 0 Å². The molecule has 3 N–H and O–H groups in total. The van der Waals surface area contributed by atoms with E-state index >= 15 is 0 Å². The maximum absolute atomic E-state index is 12.0. The molecule has 0 fully saturated rings. The Morgan fingerprint density at radius 1 is 1.26 bits per heavy atom. The summed E-state index contributed by atoms with van der Waals surface area (Å²) in [7, 11) is 0. The summed E-state index contributed by atoms with van der Waals surface area (Å²) in [5.74, 6) is -0.501. The topological polar surface area (TPSA) is 55.5 Å². The number of nitrogens with two attached hydrogens (primary N) is 1. The van der Waals surface area contributed by atoms with Gasteiger partial charge in [0, 0.05) is 16.1 Å². The van der Waals surface area contributed by atoms with Crippen molar-refractivity contribution in [2.45, 2.75) is 18.8 Å². The van der Waals surface area contributed by atoms with Gasteiger partial charge in [-0.25, -0.2) is 0 Å². The Bertz CT molecular complexity index is 406. The number of hydrogen-bond donors (Lipinski definition) is 2. The highest BCUT2D eigenvalue weighted by Crippen LogP contribution is 2.33. The molecule has 0 heterocycles. The summed E-state index contributed by atoms with van der Waals surface area (Å²) in [6.07, 6.45) is -4.66. The van der Waals surface area contributed by atoms with Gasteiger partial charge < -0.3 is 15.6 Å². The number of halogens is 6.